The average molecular weight is 389 g/mol. The zero-order valence-corrected chi connectivity index (χ0v) is 15.7. The summed E-state index contributed by atoms with van der Waals surface area (Å²) < 4.78 is 9.37. The van der Waals surface area contributed by atoms with Crippen molar-refractivity contribution in [2.45, 2.75) is 25.9 Å². The second-order valence-corrected chi connectivity index (χ2v) is 6.73. The number of nitrogens with zero attached hydrogens (tertiary/aromatic N) is 5. The van der Waals surface area contributed by atoms with E-state index in [1.165, 1.54) is 0 Å². The lowest BCUT2D eigenvalue weighted by atomic mass is 10.2. The van der Waals surface area contributed by atoms with Crippen molar-refractivity contribution in [3.63, 3.8) is 0 Å². The third kappa shape index (κ3) is 3.11. The van der Waals surface area contributed by atoms with Gasteiger partial charge in [0, 0.05) is 6.61 Å². The van der Waals surface area contributed by atoms with Gasteiger partial charge in [0.05, 0.1) is 23.2 Å². The number of aromatic nitrogens is 5. The fraction of sp³-hybridized carbons (Fsp3) is 0.294. The highest BCUT2D eigenvalue weighted by atomic mass is 35.5. The molecule has 0 unspecified atom stereocenters. The van der Waals surface area contributed by atoms with E-state index in [2.05, 4.69) is 20.4 Å². The Labute approximate surface area is 160 Å². The van der Waals surface area contributed by atoms with Gasteiger partial charge in [0.1, 0.15) is 11.3 Å². The fourth-order valence-electron chi connectivity index (χ4n) is 2.92. The predicted octanol–water partition coefficient (Wildman–Crippen LogP) is 3.82. The number of hydrogen-bond acceptors (Lipinski definition) is 5. The van der Waals surface area contributed by atoms with Crippen molar-refractivity contribution in [2.75, 3.05) is 6.61 Å². The van der Waals surface area contributed by atoms with Gasteiger partial charge in [-0.1, -0.05) is 29.8 Å². The smallest absolute Gasteiger partial charge is 0.216 e. The molecule has 9 heteroatoms. The van der Waals surface area contributed by atoms with Crippen LogP contribution in [0.15, 0.2) is 35.4 Å². The third-order valence-electron chi connectivity index (χ3n) is 4.24. The van der Waals surface area contributed by atoms with Crippen molar-refractivity contribution in [1.82, 2.24) is 24.7 Å². The van der Waals surface area contributed by atoms with Gasteiger partial charge in [-0.2, -0.15) is 20.0 Å². The number of halogens is 1. The molecule has 3 aromatic rings. The maximum atomic E-state index is 6.54. The Bertz CT molecular complexity index is 1000. The molecule has 4 rings (SSSR count). The van der Waals surface area contributed by atoms with E-state index in [9.17, 15) is 0 Å². The zero-order valence-electron chi connectivity index (χ0n) is 14.1. The van der Waals surface area contributed by atoms with E-state index in [-0.39, 0.29) is 6.10 Å². The standard InChI is InChI=1S/C17H17ClN6OS/c1-11-13(15(18)23(22-11)12-6-3-2-4-7-12)10-19-24-16(20-21-17(24)26)14-8-5-9-25-14/h2-4,6-7,10,14H,5,8-9H2,1H3,(H,21,26)/t14-/m1/s1. The molecule has 7 nitrogen and oxygen atoms in total. The van der Waals surface area contributed by atoms with Gasteiger partial charge >= 0.3 is 0 Å². The first-order valence-corrected chi connectivity index (χ1v) is 9.07. The minimum Gasteiger partial charge on any atom is -0.370 e. The second-order valence-electron chi connectivity index (χ2n) is 5.98. The molecule has 1 N–H and O–H groups in total. The van der Waals surface area contributed by atoms with Crippen LogP contribution in [0.3, 0.4) is 0 Å². The van der Waals surface area contributed by atoms with Crippen molar-refractivity contribution >= 4 is 30.0 Å². The van der Waals surface area contributed by atoms with E-state index in [1.54, 1.807) is 15.6 Å². The van der Waals surface area contributed by atoms with Gasteiger partial charge < -0.3 is 4.74 Å². The topological polar surface area (TPSA) is 73.0 Å². The van der Waals surface area contributed by atoms with Gasteiger partial charge in [-0.25, -0.2) is 4.68 Å². The second kappa shape index (κ2) is 7.14. The van der Waals surface area contributed by atoms with Crippen LogP contribution in [0.2, 0.25) is 5.15 Å². The first-order valence-electron chi connectivity index (χ1n) is 8.29. The van der Waals surface area contributed by atoms with Gasteiger partial charge in [0.2, 0.25) is 4.77 Å². The van der Waals surface area contributed by atoms with Gasteiger partial charge in [-0.05, 0) is 44.1 Å². The highest BCUT2D eigenvalue weighted by molar-refractivity contribution is 7.71. The zero-order chi connectivity index (χ0) is 18.1. The molecule has 1 aromatic carbocycles. The first kappa shape index (κ1) is 17.1. The van der Waals surface area contributed by atoms with Gasteiger partial charge in [-0.15, -0.1) is 0 Å². The fourth-order valence-corrected chi connectivity index (χ4v) is 3.43. The molecule has 0 saturated carbocycles. The summed E-state index contributed by atoms with van der Waals surface area (Å²) >= 11 is 11.8. The van der Waals surface area contributed by atoms with Gasteiger partial charge in [-0.3, -0.25) is 5.10 Å². The van der Waals surface area contributed by atoms with Crippen LogP contribution in [0.5, 0.6) is 0 Å². The number of para-hydroxylation sites is 1. The summed E-state index contributed by atoms with van der Waals surface area (Å²) in [6, 6.07) is 9.72. The number of aromatic amines is 1. The summed E-state index contributed by atoms with van der Waals surface area (Å²) in [5, 5.41) is 16.5. The molecule has 0 spiro atoms. The molecule has 134 valence electrons. The first-order chi connectivity index (χ1) is 12.6. The number of nitrogens with one attached hydrogen (secondary N) is 1. The Morgan fingerprint density at radius 1 is 1.38 bits per heavy atom. The number of aryl methyl sites for hydroxylation is 1. The molecule has 3 heterocycles. The molecule has 26 heavy (non-hydrogen) atoms. The maximum absolute atomic E-state index is 6.54. The molecule has 0 amide bonds. The lowest BCUT2D eigenvalue weighted by Gasteiger charge is -2.07. The quantitative estimate of drug-likeness (QED) is 0.544. The van der Waals surface area contributed by atoms with Crippen LogP contribution >= 0.6 is 23.8 Å². The molecule has 2 aromatic heterocycles. The van der Waals surface area contributed by atoms with Crippen LogP contribution in [-0.2, 0) is 4.74 Å². The molecule has 1 atom stereocenters. The summed E-state index contributed by atoms with van der Waals surface area (Å²) in [5.41, 5.74) is 2.40. The summed E-state index contributed by atoms with van der Waals surface area (Å²) in [5.74, 6) is 0.674. The number of rotatable bonds is 4. The van der Waals surface area contributed by atoms with Crippen LogP contribution < -0.4 is 0 Å². The van der Waals surface area contributed by atoms with Crippen LogP contribution in [-0.4, -0.2) is 37.5 Å². The number of hydrogen-bond donors (Lipinski definition) is 1. The van der Waals surface area contributed by atoms with Crippen molar-refractivity contribution in [3.8, 4) is 5.69 Å². The lowest BCUT2D eigenvalue weighted by molar-refractivity contribution is 0.102. The number of H-pyrrole nitrogens is 1. The summed E-state index contributed by atoms with van der Waals surface area (Å²) in [6.07, 6.45) is 3.47. The Morgan fingerprint density at radius 2 is 2.19 bits per heavy atom. The monoisotopic (exact) mass is 388 g/mol. The Hall–Kier alpha value is -2.29. The van der Waals surface area contributed by atoms with Crippen LogP contribution in [0.4, 0.5) is 0 Å². The SMILES string of the molecule is Cc1nn(-c2ccccc2)c(Cl)c1C=Nn1c([C@H]2CCCO2)n[nH]c1=S. The molecule has 1 fully saturated rings. The van der Waals surface area contributed by atoms with E-state index < -0.39 is 0 Å². The van der Waals surface area contributed by atoms with E-state index in [1.807, 2.05) is 37.3 Å². The highest BCUT2D eigenvalue weighted by Crippen LogP contribution is 2.27. The Balaban J connectivity index is 1.69. The minimum absolute atomic E-state index is 0.0938. The van der Waals surface area contributed by atoms with Crippen LogP contribution in [0.1, 0.15) is 36.0 Å². The molecule has 1 aliphatic rings. The largest absolute Gasteiger partial charge is 0.370 e. The lowest BCUT2D eigenvalue weighted by Crippen LogP contribution is -2.05. The van der Waals surface area contributed by atoms with Crippen molar-refractivity contribution in [1.29, 1.82) is 0 Å². The molecule has 1 aliphatic heterocycles. The Kier molecular flexibility index (Phi) is 4.71. The minimum atomic E-state index is -0.0938. The molecule has 0 aliphatic carbocycles. The van der Waals surface area contributed by atoms with E-state index in [0.29, 0.717) is 15.7 Å². The van der Waals surface area contributed by atoms with Crippen molar-refractivity contribution < 1.29 is 4.74 Å². The van der Waals surface area contributed by atoms with E-state index >= 15 is 0 Å². The molecule has 0 bridgehead atoms. The van der Waals surface area contributed by atoms with Crippen LogP contribution in [0.25, 0.3) is 5.69 Å². The molecule has 0 radical (unpaired) electrons. The maximum Gasteiger partial charge on any atom is 0.216 e. The number of ether oxygens (including phenoxy) is 1. The van der Waals surface area contributed by atoms with Crippen LogP contribution in [0, 0.1) is 11.7 Å². The van der Waals surface area contributed by atoms with Gasteiger partial charge in [0.25, 0.3) is 0 Å². The summed E-state index contributed by atoms with van der Waals surface area (Å²) in [7, 11) is 0. The van der Waals surface area contributed by atoms with Gasteiger partial charge in [0.15, 0.2) is 5.82 Å². The third-order valence-corrected chi connectivity index (χ3v) is 4.87. The molecular formula is C17H17ClN6OS. The van der Waals surface area contributed by atoms with E-state index in [4.69, 9.17) is 28.6 Å². The predicted molar refractivity (Wildman–Crippen MR) is 102 cm³/mol. The highest BCUT2D eigenvalue weighted by Gasteiger charge is 2.23. The van der Waals surface area contributed by atoms with Crippen molar-refractivity contribution in [2.24, 2.45) is 5.10 Å². The van der Waals surface area contributed by atoms with E-state index in [0.717, 1.165) is 36.4 Å². The molecular weight excluding hydrogens is 372 g/mol. The average Bonchev–Trinajstić information content (AvgIpc) is 3.36. The number of benzene rings is 1. The summed E-state index contributed by atoms with van der Waals surface area (Å²) in [6.45, 7) is 2.62. The molecule has 1 saturated heterocycles. The normalized spacial score (nSPS) is 17.4. The Morgan fingerprint density at radius 3 is 2.92 bits per heavy atom. The summed E-state index contributed by atoms with van der Waals surface area (Å²) in [4.78, 5) is 0. The van der Waals surface area contributed by atoms with Crippen molar-refractivity contribution in [3.05, 3.63) is 57.3 Å².